The Morgan fingerprint density at radius 1 is 1.33 bits per heavy atom. The van der Waals surface area contributed by atoms with Gasteiger partial charge in [0.2, 0.25) is 23.2 Å². The van der Waals surface area contributed by atoms with E-state index in [0.717, 1.165) is 22.9 Å². The highest BCUT2D eigenvalue weighted by molar-refractivity contribution is 8.01. The van der Waals surface area contributed by atoms with Gasteiger partial charge in [-0.1, -0.05) is 17.1 Å². The van der Waals surface area contributed by atoms with Crippen LogP contribution in [0.5, 0.6) is 0 Å². The Bertz CT molecular complexity index is 1360. The molecule has 0 saturated carbocycles. The first-order valence-electron chi connectivity index (χ1n) is 11.7. The van der Waals surface area contributed by atoms with E-state index in [1.54, 1.807) is 17.6 Å². The lowest BCUT2D eigenvalue weighted by molar-refractivity contribution is -0.723. The van der Waals surface area contributed by atoms with E-state index >= 15 is 0 Å². The number of hydrogen-bond acceptors (Lipinski definition) is 15. The van der Waals surface area contributed by atoms with Crippen molar-refractivity contribution in [2.24, 2.45) is 5.16 Å². The van der Waals surface area contributed by atoms with Crippen molar-refractivity contribution in [3.05, 3.63) is 23.2 Å². The number of carboxylic acid groups (broad SMARTS) is 1. The monoisotopic (exact) mass is 594 g/mol. The van der Waals surface area contributed by atoms with Gasteiger partial charge >= 0.3 is 5.16 Å². The number of fused-ring (bicyclic) bond motifs is 1. The molecule has 1 saturated heterocycles. The fraction of sp³-hybridized carbons (Fsp3) is 0.429. The summed E-state index contributed by atoms with van der Waals surface area (Å²) in [7, 11) is 0. The summed E-state index contributed by atoms with van der Waals surface area (Å²) in [5.41, 5.74) is 17.6. The lowest BCUT2D eigenvalue weighted by Crippen LogP contribution is -2.71. The molecule has 7 N–H and O–H groups in total. The topological polar surface area (TPSA) is 232 Å². The normalized spacial score (nSPS) is 19.0. The van der Waals surface area contributed by atoms with E-state index in [-0.39, 0.29) is 46.3 Å². The smallest absolute Gasteiger partial charge is 0.301 e. The van der Waals surface area contributed by atoms with E-state index in [9.17, 15) is 19.5 Å². The van der Waals surface area contributed by atoms with Gasteiger partial charge in [0.1, 0.15) is 18.0 Å². The number of amides is 2. The number of anilines is 3. The average Bonchev–Trinajstić information content (AvgIpc) is 3.32. The summed E-state index contributed by atoms with van der Waals surface area (Å²) < 4.78 is 5.77. The van der Waals surface area contributed by atoms with Crippen molar-refractivity contribution in [2.75, 3.05) is 35.3 Å². The highest BCUT2D eigenvalue weighted by Crippen LogP contribution is 2.41. The average molecular weight is 595 g/mol. The molecule has 15 nitrogen and oxygen atoms in total. The molecule has 4 heterocycles. The van der Waals surface area contributed by atoms with Crippen LogP contribution in [-0.2, 0) is 25.8 Å². The molecule has 208 valence electrons. The Balaban J connectivity index is 1.52. The van der Waals surface area contributed by atoms with Crippen LogP contribution in [0.25, 0.3) is 0 Å². The first-order chi connectivity index (χ1) is 18.7. The number of aliphatic carboxylic acids is 1. The minimum absolute atomic E-state index is 0.0471. The zero-order chi connectivity index (χ0) is 28.3. The second-order valence-corrected chi connectivity index (χ2v) is 11.1. The van der Waals surface area contributed by atoms with Gasteiger partial charge < -0.3 is 37.3 Å². The minimum atomic E-state index is -1.49. The molecule has 2 aliphatic heterocycles. The van der Waals surface area contributed by atoms with Crippen LogP contribution in [0.3, 0.4) is 0 Å². The lowest BCUT2D eigenvalue weighted by atomic mass is 10.0. The van der Waals surface area contributed by atoms with Crippen molar-refractivity contribution in [1.29, 1.82) is 0 Å². The fourth-order valence-corrected chi connectivity index (χ4v) is 6.86. The number of nitrogens with one attached hydrogen (secondary N) is 1. The number of carbonyl (C=O) groups is 3. The predicted octanol–water partition coefficient (Wildman–Crippen LogP) is -1.69. The van der Waals surface area contributed by atoms with E-state index in [1.807, 2.05) is 6.92 Å². The fourth-order valence-electron chi connectivity index (χ4n) is 3.89. The molecule has 1 fully saturated rings. The first-order valence-corrected chi connectivity index (χ1v) is 14.5. The Hall–Kier alpha value is -3.64. The number of nitrogens with two attached hydrogens (primary N) is 3. The highest BCUT2D eigenvalue weighted by Gasteiger charge is 2.53. The van der Waals surface area contributed by atoms with Crippen LogP contribution in [-0.4, -0.2) is 72.3 Å². The summed E-state index contributed by atoms with van der Waals surface area (Å²) in [5, 5.41) is 18.5. The molecule has 2 aliphatic rings. The van der Waals surface area contributed by atoms with Crippen molar-refractivity contribution < 1.29 is 28.9 Å². The zero-order valence-electron chi connectivity index (χ0n) is 20.9. The van der Waals surface area contributed by atoms with Crippen LogP contribution in [0.1, 0.15) is 26.1 Å². The van der Waals surface area contributed by atoms with Crippen LogP contribution in [0.4, 0.5) is 16.8 Å². The van der Waals surface area contributed by atoms with Crippen molar-refractivity contribution in [3.8, 4) is 0 Å². The third-order valence-electron chi connectivity index (χ3n) is 5.57. The molecule has 2 aromatic heterocycles. The molecule has 39 heavy (non-hydrogen) atoms. The van der Waals surface area contributed by atoms with Gasteiger partial charge in [0.25, 0.3) is 11.8 Å². The molecule has 0 aliphatic carbocycles. The summed E-state index contributed by atoms with van der Waals surface area (Å²) in [6.45, 7) is 4.46. The highest BCUT2D eigenvalue weighted by atomic mass is 32.2. The first kappa shape index (κ1) is 28.4. The second kappa shape index (κ2) is 12.0. The maximum Gasteiger partial charge on any atom is 0.301 e. The Morgan fingerprint density at radius 2 is 2.10 bits per heavy atom. The molecule has 2 atom stereocenters. The van der Waals surface area contributed by atoms with Gasteiger partial charge in [-0.2, -0.15) is 9.36 Å². The van der Waals surface area contributed by atoms with Gasteiger partial charge in [-0.3, -0.25) is 14.5 Å². The van der Waals surface area contributed by atoms with Crippen LogP contribution in [0, 0.1) is 0 Å². The van der Waals surface area contributed by atoms with E-state index in [1.165, 1.54) is 23.5 Å². The number of β-lactam (4-membered cyclic amide) rings is 1. The van der Waals surface area contributed by atoms with Gasteiger partial charge in [0.15, 0.2) is 5.13 Å². The number of nitrogens with zero attached hydrogens (tertiary/aromatic N) is 6. The number of oxime groups is 1. The molecular weight excluding hydrogens is 568 g/mol. The van der Waals surface area contributed by atoms with Gasteiger partial charge in [0, 0.05) is 23.0 Å². The molecule has 2 aromatic rings. The van der Waals surface area contributed by atoms with Gasteiger partial charge in [-0.25, -0.2) is 4.57 Å². The molecule has 0 radical (unpaired) electrons. The number of aromatic nitrogens is 4. The summed E-state index contributed by atoms with van der Waals surface area (Å²) in [6.07, 6.45) is 0.802. The number of hydrogen-bond donors (Lipinski definition) is 4. The molecule has 18 heteroatoms. The zero-order valence-corrected chi connectivity index (χ0v) is 23.4. The third-order valence-corrected chi connectivity index (χ3v) is 8.51. The van der Waals surface area contributed by atoms with E-state index in [0.29, 0.717) is 23.1 Å². The summed E-state index contributed by atoms with van der Waals surface area (Å²) >= 11 is 3.45. The summed E-state index contributed by atoms with van der Waals surface area (Å²) in [4.78, 5) is 52.6. The van der Waals surface area contributed by atoms with Gasteiger partial charge in [-0.05, 0) is 30.7 Å². The van der Waals surface area contributed by atoms with E-state index in [4.69, 9.17) is 22.0 Å². The SMILES string of the molecule is CCC[n+]1c(N)cc(N)nc1SCC1=C(C(=O)[O-])N2C(=O)C(NC(=O)/C(=N\OCC)c3nsc(N)n3)C2SC1. The number of carboxylic acids is 1. The Labute approximate surface area is 235 Å². The third kappa shape index (κ3) is 5.86. The Morgan fingerprint density at radius 3 is 2.74 bits per heavy atom. The summed E-state index contributed by atoms with van der Waals surface area (Å²) in [6, 6.07) is 0.556. The number of carbonyl (C=O) groups excluding carboxylic acids is 3. The molecule has 0 aromatic carbocycles. The summed E-state index contributed by atoms with van der Waals surface area (Å²) in [5.74, 6) is -1.71. The van der Waals surface area contributed by atoms with Crippen LogP contribution < -0.4 is 32.2 Å². The van der Waals surface area contributed by atoms with Crippen LogP contribution in [0.2, 0.25) is 0 Å². The molecule has 0 bridgehead atoms. The largest absolute Gasteiger partial charge is 0.543 e. The maximum atomic E-state index is 13.1. The molecule has 0 spiro atoms. The number of nitrogen functional groups attached to an aromatic ring is 3. The van der Waals surface area contributed by atoms with E-state index < -0.39 is 29.2 Å². The van der Waals surface area contributed by atoms with Crippen molar-refractivity contribution in [1.82, 2.24) is 24.6 Å². The second-order valence-electron chi connectivity index (χ2n) is 8.24. The van der Waals surface area contributed by atoms with Gasteiger partial charge in [-0.15, -0.1) is 11.8 Å². The number of thioether (sulfide) groups is 2. The van der Waals surface area contributed by atoms with Crippen molar-refractivity contribution in [3.63, 3.8) is 0 Å². The van der Waals surface area contributed by atoms with E-state index in [2.05, 4.69) is 24.8 Å². The Kier molecular flexibility index (Phi) is 8.76. The van der Waals surface area contributed by atoms with Crippen LogP contribution >= 0.6 is 35.1 Å². The standard InChI is InChI=1S/C21H26N10O5S3/c1-3-5-30-11(23)6-10(22)25-21(30)38-8-9-7-37-18-13(17(33)31(18)14(9)19(34)35)26-16(32)12(28-36-4-2)15-27-20(24)39-29-15/h6,13,18H,3-5,7-8H2,1-2H3,(H7,22,23,24,26,27,29,32,34,35)/b28-12-. The minimum Gasteiger partial charge on any atom is -0.543 e. The maximum absolute atomic E-state index is 13.1. The van der Waals surface area contributed by atoms with Crippen molar-refractivity contribution >= 4 is 75.3 Å². The molecule has 2 amide bonds. The molecular formula is C21H26N10O5S3. The quantitative estimate of drug-likeness (QED) is 0.0569. The predicted molar refractivity (Wildman–Crippen MR) is 144 cm³/mol. The van der Waals surface area contributed by atoms with Crippen LogP contribution in [0.15, 0.2) is 27.6 Å². The van der Waals surface area contributed by atoms with Gasteiger partial charge in [0.05, 0.1) is 24.3 Å². The lowest BCUT2D eigenvalue weighted by Gasteiger charge is -2.50. The molecule has 2 unspecified atom stereocenters. The van der Waals surface area contributed by atoms with Crippen molar-refractivity contribution in [2.45, 2.75) is 43.4 Å². The number of rotatable bonds is 11. The molecule has 4 rings (SSSR count).